The SMILES string of the molecule is O.O=CC(=O)c1ccc(Cl)c(Cl)c1. The summed E-state index contributed by atoms with van der Waals surface area (Å²) in [4.78, 5) is 20.9. The molecule has 3 nitrogen and oxygen atoms in total. The van der Waals surface area contributed by atoms with Crippen molar-refractivity contribution in [3.8, 4) is 0 Å². The first-order valence-corrected chi connectivity index (χ1v) is 3.85. The van der Waals surface area contributed by atoms with Crippen molar-refractivity contribution in [2.45, 2.75) is 0 Å². The van der Waals surface area contributed by atoms with E-state index >= 15 is 0 Å². The lowest BCUT2D eigenvalue weighted by Crippen LogP contribution is -1.98. The highest BCUT2D eigenvalue weighted by atomic mass is 35.5. The first-order valence-electron chi connectivity index (χ1n) is 3.09. The van der Waals surface area contributed by atoms with Gasteiger partial charge in [-0.3, -0.25) is 9.59 Å². The van der Waals surface area contributed by atoms with Crippen molar-refractivity contribution in [1.82, 2.24) is 0 Å². The van der Waals surface area contributed by atoms with E-state index in [1.54, 1.807) is 0 Å². The van der Waals surface area contributed by atoms with E-state index in [2.05, 4.69) is 0 Å². The van der Waals surface area contributed by atoms with Crippen LogP contribution in [-0.4, -0.2) is 17.5 Å². The molecular weight excluding hydrogens is 215 g/mol. The fourth-order valence-corrected chi connectivity index (χ4v) is 1.02. The lowest BCUT2D eigenvalue weighted by molar-refractivity contribution is -0.104. The number of rotatable bonds is 2. The first-order chi connectivity index (χ1) is 5.65. The van der Waals surface area contributed by atoms with E-state index in [1.807, 2.05) is 0 Å². The summed E-state index contributed by atoms with van der Waals surface area (Å²) in [6.45, 7) is 0. The van der Waals surface area contributed by atoms with E-state index in [9.17, 15) is 9.59 Å². The largest absolute Gasteiger partial charge is 0.412 e. The fraction of sp³-hybridized carbons (Fsp3) is 0. The molecule has 0 fully saturated rings. The lowest BCUT2D eigenvalue weighted by atomic mass is 10.1. The summed E-state index contributed by atoms with van der Waals surface area (Å²) < 4.78 is 0. The Bertz CT molecular complexity index is 336. The maximum atomic E-state index is 10.8. The zero-order chi connectivity index (χ0) is 9.14. The fourth-order valence-electron chi connectivity index (χ4n) is 0.717. The van der Waals surface area contributed by atoms with Gasteiger partial charge < -0.3 is 5.48 Å². The van der Waals surface area contributed by atoms with Crippen LogP contribution in [0.25, 0.3) is 0 Å². The number of benzene rings is 1. The molecule has 0 heterocycles. The van der Waals surface area contributed by atoms with Gasteiger partial charge in [0.2, 0.25) is 5.78 Å². The number of aldehydes is 1. The number of hydrogen-bond acceptors (Lipinski definition) is 2. The summed E-state index contributed by atoms with van der Waals surface area (Å²) in [5.41, 5.74) is 0.249. The first kappa shape index (κ1) is 12.1. The lowest BCUT2D eigenvalue weighted by Gasteiger charge is -1.96. The summed E-state index contributed by atoms with van der Waals surface area (Å²) in [6, 6.07) is 4.28. The predicted octanol–water partition coefficient (Wildman–Crippen LogP) is 1.55. The number of carbonyl (C=O) groups excluding carboxylic acids is 2. The second kappa shape index (κ2) is 4.97. The molecule has 0 atom stereocenters. The molecule has 70 valence electrons. The maximum absolute atomic E-state index is 10.8. The molecule has 0 saturated heterocycles. The third kappa shape index (κ3) is 2.81. The van der Waals surface area contributed by atoms with Crippen LogP contribution in [0.5, 0.6) is 0 Å². The minimum absolute atomic E-state index is 0. The summed E-state index contributed by atoms with van der Waals surface area (Å²) in [5.74, 6) is -0.603. The van der Waals surface area contributed by atoms with Gasteiger partial charge in [-0.15, -0.1) is 0 Å². The highest BCUT2D eigenvalue weighted by molar-refractivity contribution is 6.43. The normalized spacial score (nSPS) is 8.77. The average Bonchev–Trinajstić information content (AvgIpc) is 2.08. The highest BCUT2D eigenvalue weighted by Gasteiger charge is 2.05. The number of ketones is 1. The van der Waals surface area contributed by atoms with Crippen LogP contribution in [0.4, 0.5) is 0 Å². The van der Waals surface area contributed by atoms with Crippen LogP contribution in [-0.2, 0) is 4.79 Å². The Morgan fingerprint density at radius 2 is 1.85 bits per heavy atom. The molecule has 0 aliphatic heterocycles. The number of Topliss-reactive ketones (excluding diaryl/α,β-unsaturated/α-hetero) is 1. The van der Waals surface area contributed by atoms with Gasteiger partial charge in [-0.1, -0.05) is 23.2 Å². The third-order valence-corrected chi connectivity index (χ3v) is 2.05. The van der Waals surface area contributed by atoms with Crippen molar-refractivity contribution in [2.24, 2.45) is 0 Å². The molecule has 0 aromatic heterocycles. The molecule has 0 amide bonds. The molecule has 0 unspecified atom stereocenters. The molecule has 0 aliphatic rings. The molecule has 0 spiro atoms. The van der Waals surface area contributed by atoms with Gasteiger partial charge >= 0.3 is 0 Å². The molecule has 0 aliphatic carbocycles. The molecule has 0 bridgehead atoms. The predicted molar refractivity (Wildman–Crippen MR) is 50.5 cm³/mol. The Kier molecular flexibility index (Phi) is 4.62. The minimum Gasteiger partial charge on any atom is -0.412 e. The van der Waals surface area contributed by atoms with Gasteiger partial charge in [0.25, 0.3) is 0 Å². The molecule has 1 aromatic carbocycles. The van der Waals surface area contributed by atoms with Crippen molar-refractivity contribution in [1.29, 1.82) is 0 Å². The molecule has 1 aromatic rings. The summed E-state index contributed by atoms with van der Waals surface area (Å²) in [7, 11) is 0. The van der Waals surface area contributed by atoms with Crippen molar-refractivity contribution < 1.29 is 15.1 Å². The van der Waals surface area contributed by atoms with E-state index in [1.165, 1.54) is 18.2 Å². The second-order valence-electron chi connectivity index (χ2n) is 2.11. The second-order valence-corrected chi connectivity index (χ2v) is 2.93. The standard InChI is InChI=1S/C8H4Cl2O2.H2O/c9-6-2-1-5(3-7(6)10)8(12)4-11;/h1-4H;1H2. The monoisotopic (exact) mass is 220 g/mol. The zero-order valence-corrected chi connectivity index (χ0v) is 7.89. The zero-order valence-electron chi connectivity index (χ0n) is 6.38. The van der Waals surface area contributed by atoms with Crippen molar-refractivity contribution >= 4 is 35.3 Å². The van der Waals surface area contributed by atoms with Crippen LogP contribution >= 0.6 is 23.2 Å². The number of hydrogen-bond donors (Lipinski definition) is 0. The van der Waals surface area contributed by atoms with Crippen LogP contribution < -0.4 is 0 Å². The molecule has 13 heavy (non-hydrogen) atoms. The number of carbonyl (C=O) groups is 2. The smallest absolute Gasteiger partial charge is 0.225 e. The summed E-state index contributed by atoms with van der Waals surface area (Å²) in [6.07, 6.45) is 0.236. The highest BCUT2D eigenvalue weighted by Crippen LogP contribution is 2.22. The van der Waals surface area contributed by atoms with Gasteiger partial charge in [0.05, 0.1) is 10.0 Å². The Morgan fingerprint density at radius 3 is 2.31 bits per heavy atom. The van der Waals surface area contributed by atoms with Crippen molar-refractivity contribution in [3.05, 3.63) is 33.8 Å². The van der Waals surface area contributed by atoms with Crippen molar-refractivity contribution in [2.75, 3.05) is 0 Å². The minimum atomic E-state index is -0.603. The van der Waals surface area contributed by atoms with E-state index in [0.29, 0.717) is 5.02 Å². The Morgan fingerprint density at radius 1 is 1.23 bits per heavy atom. The van der Waals surface area contributed by atoms with E-state index in [-0.39, 0.29) is 22.3 Å². The van der Waals surface area contributed by atoms with Gasteiger partial charge in [-0.05, 0) is 18.2 Å². The van der Waals surface area contributed by atoms with Gasteiger partial charge in [-0.25, -0.2) is 0 Å². The Labute approximate surface area is 84.6 Å². The maximum Gasteiger partial charge on any atom is 0.225 e. The molecule has 1 rings (SSSR count). The van der Waals surface area contributed by atoms with E-state index < -0.39 is 5.78 Å². The Balaban J connectivity index is 0.00000144. The number of halogens is 2. The van der Waals surface area contributed by atoms with Gasteiger partial charge in [0, 0.05) is 5.56 Å². The average molecular weight is 221 g/mol. The van der Waals surface area contributed by atoms with E-state index in [4.69, 9.17) is 23.2 Å². The van der Waals surface area contributed by atoms with Gasteiger partial charge in [0.1, 0.15) is 0 Å². The quantitative estimate of drug-likeness (QED) is 0.432. The van der Waals surface area contributed by atoms with Crippen LogP contribution in [0.15, 0.2) is 18.2 Å². The molecule has 0 radical (unpaired) electrons. The molecule has 5 heteroatoms. The summed E-state index contributed by atoms with van der Waals surface area (Å²) >= 11 is 11.2. The van der Waals surface area contributed by atoms with Gasteiger partial charge in [-0.2, -0.15) is 0 Å². The Hall–Kier alpha value is -0.900. The molecule has 2 N–H and O–H groups in total. The van der Waals surface area contributed by atoms with Crippen LogP contribution in [0, 0.1) is 0 Å². The van der Waals surface area contributed by atoms with Gasteiger partial charge in [0.15, 0.2) is 6.29 Å². The summed E-state index contributed by atoms with van der Waals surface area (Å²) in [5, 5.41) is 0.628. The van der Waals surface area contributed by atoms with Crippen molar-refractivity contribution in [3.63, 3.8) is 0 Å². The topological polar surface area (TPSA) is 65.6 Å². The molecule has 0 saturated carbocycles. The molecular formula is C8H6Cl2O3. The van der Waals surface area contributed by atoms with Crippen LogP contribution in [0.1, 0.15) is 10.4 Å². The third-order valence-electron chi connectivity index (χ3n) is 1.31. The van der Waals surface area contributed by atoms with Crippen LogP contribution in [0.3, 0.4) is 0 Å². The van der Waals surface area contributed by atoms with Crippen LogP contribution in [0.2, 0.25) is 10.0 Å². The van der Waals surface area contributed by atoms with E-state index in [0.717, 1.165) is 0 Å².